The highest BCUT2D eigenvalue weighted by atomic mass is 31.2. The van der Waals surface area contributed by atoms with E-state index >= 15 is 0 Å². The Hall–Kier alpha value is -2.44. The average molecular weight is 378 g/mol. The largest absolute Gasteiger partial charge is 0.550 e. The molecule has 3 aromatic rings. The van der Waals surface area contributed by atoms with Gasteiger partial charge in [0.05, 0.1) is 5.16 Å². The van der Waals surface area contributed by atoms with Gasteiger partial charge in [-0.1, -0.05) is 54.6 Å². The van der Waals surface area contributed by atoms with Gasteiger partial charge in [0.2, 0.25) is 0 Å². The number of carboxylic acid groups (broad SMARTS) is 1. The smallest absolute Gasteiger partial charge is 0.117 e. The van der Waals surface area contributed by atoms with Gasteiger partial charge in [0.1, 0.15) is 23.2 Å². The zero-order chi connectivity index (χ0) is 19.9. The van der Waals surface area contributed by atoms with Gasteiger partial charge in [-0.05, 0) is 64.1 Å². The third kappa shape index (κ3) is 4.64. The third-order valence-electron chi connectivity index (χ3n) is 4.44. The number of aliphatic carboxylic acids is 1. The monoisotopic (exact) mass is 378 g/mol. The van der Waals surface area contributed by atoms with Crippen molar-refractivity contribution in [2.45, 2.75) is 32.9 Å². The third-order valence-corrected chi connectivity index (χ3v) is 9.67. The van der Waals surface area contributed by atoms with Crippen LogP contribution in [0, 0.1) is 0 Å². The maximum absolute atomic E-state index is 8.89. The van der Waals surface area contributed by atoms with Crippen LogP contribution >= 0.6 is 7.26 Å². The molecular formula is C24H27O2P. The van der Waals surface area contributed by atoms with E-state index in [0.717, 1.165) is 6.92 Å². The maximum atomic E-state index is 8.89. The lowest BCUT2D eigenvalue weighted by molar-refractivity contribution is -0.302. The molecule has 0 saturated heterocycles. The minimum Gasteiger partial charge on any atom is -0.550 e. The summed E-state index contributed by atoms with van der Waals surface area (Å²) in [5.74, 6) is -1.08. The van der Waals surface area contributed by atoms with E-state index < -0.39 is 13.2 Å². The molecule has 0 aliphatic rings. The van der Waals surface area contributed by atoms with Gasteiger partial charge in [-0.15, -0.1) is 0 Å². The number of carbonyl (C=O) groups excluding carboxylic acids is 1. The number of rotatable bonds is 3. The molecular weight excluding hydrogens is 351 g/mol. The molecule has 0 amide bonds. The molecule has 0 aliphatic carbocycles. The van der Waals surface area contributed by atoms with E-state index in [4.69, 9.17) is 9.90 Å². The fourth-order valence-corrected chi connectivity index (χ4v) is 8.64. The second-order valence-electron chi connectivity index (χ2n) is 7.34. The summed E-state index contributed by atoms with van der Waals surface area (Å²) in [7, 11) is -1.74. The van der Waals surface area contributed by atoms with Crippen LogP contribution in [0.3, 0.4) is 0 Å². The lowest BCUT2D eigenvalue weighted by Crippen LogP contribution is -2.42. The highest BCUT2D eigenvalue weighted by Crippen LogP contribution is 2.65. The van der Waals surface area contributed by atoms with Crippen molar-refractivity contribution in [3.63, 3.8) is 0 Å². The fraction of sp³-hybridized carbons (Fsp3) is 0.208. The molecule has 3 aromatic carbocycles. The number of hydrogen-bond donors (Lipinski definition) is 0. The molecule has 140 valence electrons. The minimum absolute atomic E-state index is 0.136. The SMILES string of the molecule is CC(=O)[O-].CC(C)(C)[P+](c1ccccc1)(c1ccccc1)c1ccccc1. The summed E-state index contributed by atoms with van der Waals surface area (Å²) in [6.07, 6.45) is 0. The van der Waals surface area contributed by atoms with Crippen LogP contribution in [0.5, 0.6) is 0 Å². The van der Waals surface area contributed by atoms with E-state index in [9.17, 15) is 0 Å². The summed E-state index contributed by atoms with van der Waals surface area (Å²) < 4.78 is 0. The first kappa shape index (κ1) is 20.9. The summed E-state index contributed by atoms with van der Waals surface area (Å²) >= 11 is 0. The molecule has 0 aliphatic heterocycles. The number of benzene rings is 3. The molecule has 3 rings (SSSR count). The van der Waals surface area contributed by atoms with Gasteiger partial charge < -0.3 is 9.90 Å². The summed E-state index contributed by atoms with van der Waals surface area (Å²) in [5.41, 5.74) is 0. The van der Waals surface area contributed by atoms with Gasteiger partial charge in [0, 0.05) is 5.97 Å². The van der Waals surface area contributed by atoms with Crippen molar-refractivity contribution in [1.29, 1.82) is 0 Å². The van der Waals surface area contributed by atoms with Crippen molar-refractivity contribution in [2.75, 3.05) is 0 Å². The molecule has 2 nitrogen and oxygen atoms in total. The Morgan fingerprint density at radius 2 is 0.889 bits per heavy atom. The predicted octanol–water partition coefficient (Wildman–Crippen LogP) is 3.54. The molecule has 27 heavy (non-hydrogen) atoms. The highest BCUT2D eigenvalue weighted by molar-refractivity contribution is 7.96. The maximum Gasteiger partial charge on any atom is 0.117 e. The van der Waals surface area contributed by atoms with Gasteiger partial charge in [-0.25, -0.2) is 0 Å². The molecule has 0 spiro atoms. The molecule has 0 fully saturated rings. The molecule has 0 atom stereocenters. The Balaban J connectivity index is 0.000000596. The first-order chi connectivity index (χ1) is 12.8. The second kappa shape index (κ2) is 8.97. The van der Waals surface area contributed by atoms with Crippen molar-refractivity contribution in [2.24, 2.45) is 0 Å². The first-order valence-corrected chi connectivity index (χ1v) is 10.8. The molecule has 0 bridgehead atoms. The van der Waals surface area contributed by atoms with Crippen LogP contribution in [0.25, 0.3) is 0 Å². The molecule has 0 radical (unpaired) electrons. The Kier molecular flexibility index (Phi) is 6.93. The normalized spacial score (nSPS) is 11.3. The van der Waals surface area contributed by atoms with Crippen LogP contribution < -0.4 is 21.0 Å². The first-order valence-electron chi connectivity index (χ1n) is 9.03. The number of carbonyl (C=O) groups is 1. The Bertz CT molecular complexity index is 737. The van der Waals surface area contributed by atoms with Crippen LogP contribution in [-0.4, -0.2) is 11.1 Å². The van der Waals surface area contributed by atoms with Crippen molar-refractivity contribution >= 4 is 29.1 Å². The van der Waals surface area contributed by atoms with Crippen molar-refractivity contribution in [1.82, 2.24) is 0 Å². The Morgan fingerprint density at radius 3 is 1.07 bits per heavy atom. The van der Waals surface area contributed by atoms with E-state index in [1.807, 2.05) is 0 Å². The van der Waals surface area contributed by atoms with Crippen LogP contribution in [0.2, 0.25) is 0 Å². The summed E-state index contributed by atoms with van der Waals surface area (Å²) in [4.78, 5) is 8.89. The van der Waals surface area contributed by atoms with E-state index in [1.165, 1.54) is 15.9 Å². The fourth-order valence-electron chi connectivity index (χ4n) is 3.56. The van der Waals surface area contributed by atoms with Gasteiger partial charge in [-0.3, -0.25) is 0 Å². The van der Waals surface area contributed by atoms with Crippen LogP contribution in [-0.2, 0) is 4.79 Å². The van der Waals surface area contributed by atoms with Crippen LogP contribution in [0.4, 0.5) is 0 Å². The second-order valence-corrected chi connectivity index (χ2v) is 11.6. The van der Waals surface area contributed by atoms with Crippen LogP contribution in [0.15, 0.2) is 91.0 Å². The number of carboxylic acids is 1. The number of hydrogen-bond acceptors (Lipinski definition) is 2. The topological polar surface area (TPSA) is 40.1 Å². The Labute approximate surface area is 163 Å². The quantitative estimate of drug-likeness (QED) is 0.654. The molecule has 0 unspecified atom stereocenters. The molecule has 0 heterocycles. The van der Waals surface area contributed by atoms with Crippen molar-refractivity contribution < 1.29 is 9.90 Å². The standard InChI is InChI=1S/C22H24P.C2H4O2/c1-22(2,3)23(19-13-7-4-8-14-19,20-15-9-5-10-16-20)21-17-11-6-12-18-21;1-2(3)4/h4-18H,1-3H3;1H3,(H,3,4)/q+1;/p-1. The predicted molar refractivity (Wildman–Crippen MR) is 116 cm³/mol. The van der Waals surface area contributed by atoms with Crippen molar-refractivity contribution in [3.05, 3.63) is 91.0 Å². The van der Waals surface area contributed by atoms with Crippen LogP contribution in [0.1, 0.15) is 27.7 Å². The van der Waals surface area contributed by atoms with Crippen molar-refractivity contribution in [3.8, 4) is 0 Å². The molecule has 3 heteroatoms. The lowest BCUT2D eigenvalue weighted by Gasteiger charge is -2.38. The van der Waals surface area contributed by atoms with E-state index in [2.05, 4.69) is 112 Å². The Morgan fingerprint density at radius 1 is 0.667 bits per heavy atom. The van der Waals surface area contributed by atoms with E-state index in [0.29, 0.717) is 0 Å². The van der Waals surface area contributed by atoms with Gasteiger partial charge >= 0.3 is 0 Å². The lowest BCUT2D eigenvalue weighted by atomic mass is 10.2. The average Bonchev–Trinajstić information content (AvgIpc) is 2.63. The summed E-state index contributed by atoms with van der Waals surface area (Å²) in [6.45, 7) is 8.12. The molecule has 0 aromatic heterocycles. The van der Waals surface area contributed by atoms with Gasteiger partial charge in [-0.2, -0.15) is 0 Å². The molecule has 0 saturated carbocycles. The van der Waals surface area contributed by atoms with Gasteiger partial charge in [0.25, 0.3) is 0 Å². The van der Waals surface area contributed by atoms with Gasteiger partial charge in [0.15, 0.2) is 0 Å². The minimum atomic E-state index is -1.74. The van der Waals surface area contributed by atoms with E-state index in [1.54, 1.807) is 0 Å². The highest BCUT2D eigenvalue weighted by Gasteiger charge is 2.54. The summed E-state index contributed by atoms with van der Waals surface area (Å²) in [6, 6.07) is 33.2. The van der Waals surface area contributed by atoms with E-state index in [-0.39, 0.29) is 5.16 Å². The molecule has 0 N–H and O–H groups in total. The zero-order valence-corrected chi connectivity index (χ0v) is 17.3. The summed E-state index contributed by atoms with van der Waals surface area (Å²) in [5, 5.41) is 13.4. The zero-order valence-electron chi connectivity index (χ0n) is 16.4.